The van der Waals surface area contributed by atoms with Crippen LogP contribution in [0.4, 0.5) is 5.82 Å². The maximum absolute atomic E-state index is 10.9. The van der Waals surface area contributed by atoms with E-state index in [2.05, 4.69) is 4.98 Å². The lowest BCUT2D eigenvalue weighted by Crippen LogP contribution is -2.26. The van der Waals surface area contributed by atoms with Gasteiger partial charge in [-0.3, -0.25) is 0 Å². The molecule has 0 amide bonds. The minimum Gasteiger partial charge on any atom is -0.478 e. The first-order valence-corrected chi connectivity index (χ1v) is 5.67. The Morgan fingerprint density at radius 1 is 1.47 bits per heavy atom. The summed E-state index contributed by atoms with van der Waals surface area (Å²) in [7, 11) is 0. The summed E-state index contributed by atoms with van der Waals surface area (Å²) in [5.41, 5.74) is 0.740. The number of aromatic nitrogens is 1. The predicted octanol–water partition coefficient (Wildman–Crippen LogP) is 1.30. The molecule has 0 aliphatic carbocycles. The van der Waals surface area contributed by atoms with E-state index in [0.717, 1.165) is 12.4 Å². The first-order valence-electron chi connectivity index (χ1n) is 5.67. The van der Waals surface area contributed by atoms with Gasteiger partial charge in [-0.05, 0) is 32.4 Å². The number of hydrogen-bond donors (Lipinski definition) is 2. The van der Waals surface area contributed by atoms with Crippen LogP contribution < -0.4 is 4.90 Å². The van der Waals surface area contributed by atoms with E-state index in [0.29, 0.717) is 18.7 Å². The smallest absolute Gasteiger partial charge is 0.337 e. The van der Waals surface area contributed by atoms with Gasteiger partial charge in [-0.25, -0.2) is 9.78 Å². The Balaban J connectivity index is 2.90. The van der Waals surface area contributed by atoms with Gasteiger partial charge in [0.05, 0.1) is 11.3 Å². The number of pyridine rings is 1. The molecule has 0 saturated heterocycles. The van der Waals surface area contributed by atoms with Crippen LogP contribution in [0.15, 0.2) is 12.1 Å². The summed E-state index contributed by atoms with van der Waals surface area (Å²) in [6.07, 6.45) is 0.676. The Hall–Kier alpha value is -1.62. The highest BCUT2D eigenvalue weighted by Gasteiger charge is 2.11. The molecule has 0 radical (unpaired) electrons. The van der Waals surface area contributed by atoms with Crippen molar-refractivity contribution in [3.05, 3.63) is 23.4 Å². The van der Waals surface area contributed by atoms with Crippen molar-refractivity contribution in [1.82, 2.24) is 4.98 Å². The molecule has 1 aromatic rings. The van der Waals surface area contributed by atoms with Crippen molar-refractivity contribution in [3.63, 3.8) is 0 Å². The molecule has 0 unspecified atom stereocenters. The van der Waals surface area contributed by atoms with Crippen LogP contribution in [0, 0.1) is 6.92 Å². The largest absolute Gasteiger partial charge is 0.478 e. The number of aliphatic hydroxyl groups is 1. The summed E-state index contributed by atoms with van der Waals surface area (Å²) in [5, 5.41) is 17.7. The molecule has 0 aromatic carbocycles. The molecule has 0 saturated carbocycles. The molecule has 0 atom stereocenters. The van der Waals surface area contributed by atoms with Crippen LogP contribution in [0.5, 0.6) is 0 Å². The Morgan fingerprint density at radius 2 is 2.18 bits per heavy atom. The summed E-state index contributed by atoms with van der Waals surface area (Å²) in [6.45, 7) is 5.32. The number of rotatable bonds is 6. The fourth-order valence-corrected chi connectivity index (χ4v) is 1.65. The molecule has 0 fully saturated rings. The highest BCUT2D eigenvalue weighted by molar-refractivity contribution is 5.89. The van der Waals surface area contributed by atoms with Gasteiger partial charge in [0.15, 0.2) is 0 Å². The standard InChI is InChI=1S/C12H18N2O3/c1-3-14(7-4-8-15)11-6-5-10(12(16)17)9(2)13-11/h5-6,15H,3-4,7-8H2,1-2H3,(H,16,17). The van der Waals surface area contributed by atoms with Gasteiger partial charge < -0.3 is 15.1 Å². The van der Waals surface area contributed by atoms with E-state index in [1.54, 1.807) is 19.1 Å². The van der Waals surface area contributed by atoms with E-state index in [1.165, 1.54) is 0 Å². The number of carboxylic acids is 1. The van der Waals surface area contributed by atoms with Crippen LogP contribution in [-0.4, -0.2) is 40.9 Å². The van der Waals surface area contributed by atoms with Crippen LogP contribution in [0.25, 0.3) is 0 Å². The van der Waals surface area contributed by atoms with Gasteiger partial charge in [0.2, 0.25) is 0 Å². The van der Waals surface area contributed by atoms with Gasteiger partial charge >= 0.3 is 5.97 Å². The quantitative estimate of drug-likeness (QED) is 0.781. The Morgan fingerprint density at radius 3 is 2.65 bits per heavy atom. The highest BCUT2D eigenvalue weighted by Crippen LogP contribution is 2.15. The maximum Gasteiger partial charge on any atom is 0.337 e. The van der Waals surface area contributed by atoms with Crippen LogP contribution in [0.1, 0.15) is 29.4 Å². The highest BCUT2D eigenvalue weighted by atomic mass is 16.4. The molecule has 5 nitrogen and oxygen atoms in total. The average Bonchev–Trinajstić information content (AvgIpc) is 2.29. The van der Waals surface area contributed by atoms with Gasteiger partial charge in [0, 0.05) is 19.7 Å². The molecule has 0 aliphatic heterocycles. The second-order valence-corrected chi connectivity index (χ2v) is 3.76. The number of anilines is 1. The summed E-state index contributed by atoms with van der Waals surface area (Å²) in [4.78, 5) is 17.1. The number of nitrogens with zero attached hydrogens (tertiary/aromatic N) is 2. The Kier molecular flexibility index (Phi) is 4.90. The van der Waals surface area contributed by atoms with Crippen molar-refractivity contribution in [2.45, 2.75) is 20.3 Å². The molecule has 1 heterocycles. The van der Waals surface area contributed by atoms with E-state index in [-0.39, 0.29) is 12.2 Å². The van der Waals surface area contributed by atoms with E-state index in [1.807, 2.05) is 11.8 Å². The first kappa shape index (κ1) is 13.4. The van der Waals surface area contributed by atoms with E-state index in [4.69, 9.17) is 10.2 Å². The van der Waals surface area contributed by atoms with Crippen LogP contribution >= 0.6 is 0 Å². The predicted molar refractivity (Wildman–Crippen MR) is 65.5 cm³/mol. The second kappa shape index (κ2) is 6.20. The van der Waals surface area contributed by atoms with Gasteiger partial charge in [-0.2, -0.15) is 0 Å². The molecule has 1 aromatic heterocycles. The molecule has 0 bridgehead atoms. The molecular formula is C12H18N2O3. The summed E-state index contributed by atoms with van der Waals surface area (Å²) >= 11 is 0. The van der Waals surface area contributed by atoms with Crippen molar-refractivity contribution in [1.29, 1.82) is 0 Å². The molecule has 94 valence electrons. The number of aryl methyl sites for hydroxylation is 1. The summed E-state index contributed by atoms with van der Waals surface area (Å²) in [5.74, 6) is -0.205. The molecule has 0 spiro atoms. The van der Waals surface area contributed by atoms with Crippen molar-refractivity contribution < 1.29 is 15.0 Å². The summed E-state index contributed by atoms with van der Waals surface area (Å²) < 4.78 is 0. The van der Waals surface area contributed by atoms with Crippen molar-refractivity contribution in [3.8, 4) is 0 Å². The molecular weight excluding hydrogens is 220 g/mol. The van der Waals surface area contributed by atoms with Crippen molar-refractivity contribution in [2.75, 3.05) is 24.6 Å². The topological polar surface area (TPSA) is 73.7 Å². The number of aliphatic hydroxyl groups excluding tert-OH is 1. The molecule has 0 aliphatic rings. The lowest BCUT2D eigenvalue weighted by molar-refractivity contribution is 0.0695. The third-order valence-electron chi connectivity index (χ3n) is 2.59. The zero-order chi connectivity index (χ0) is 12.8. The number of carbonyl (C=O) groups is 1. The fourth-order valence-electron chi connectivity index (χ4n) is 1.65. The van der Waals surface area contributed by atoms with Gasteiger partial charge in [-0.15, -0.1) is 0 Å². The number of hydrogen-bond acceptors (Lipinski definition) is 4. The van der Waals surface area contributed by atoms with Crippen molar-refractivity contribution >= 4 is 11.8 Å². The third kappa shape index (κ3) is 3.42. The number of carboxylic acid groups (broad SMARTS) is 1. The lowest BCUT2D eigenvalue weighted by Gasteiger charge is -2.22. The Labute approximate surface area is 101 Å². The zero-order valence-corrected chi connectivity index (χ0v) is 10.2. The van der Waals surface area contributed by atoms with Crippen LogP contribution in [0.2, 0.25) is 0 Å². The zero-order valence-electron chi connectivity index (χ0n) is 10.2. The van der Waals surface area contributed by atoms with Crippen LogP contribution in [-0.2, 0) is 0 Å². The first-order chi connectivity index (χ1) is 8.10. The second-order valence-electron chi connectivity index (χ2n) is 3.76. The Bertz CT molecular complexity index is 393. The minimum absolute atomic E-state index is 0.142. The van der Waals surface area contributed by atoms with E-state index >= 15 is 0 Å². The molecule has 1 rings (SSSR count). The maximum atomic E-state index is 10.9. The van der Waals surface area contributed by atoms with Crippen LogP contribution in [0.3, 0.4) is 0 Å². The lowest BCUT2D eigenvalue weighted by atomic mass is 10.2. The SMILES string of the molecule is CCN(CCCO)c1ccc(C(=O)O)c(C)n1. The van der Waals surface area contributed by atoms with Gasteiger partial charge in [0.1, 0.15) is 5.82 Å². The van der Waals surface area contributed by atoms with Gasteiger partial charge in [0.25, 0.3) is 0 Å². The third-order valence-corrected chi connectivity index (χ3v) is 2.59. The summed E-state index contributed by atoms with van der Waals surface area (Å²) in [6, 6.07) is 3.28. The minimum atomic E-state index is -0.958. The molecule has 2 N–H and O–H groups in total. The number of aromatic carboxylic acids is 1. The average molecular weight is 238 g/mol. The fraction of sp³-hybridized carbons (Fsp3) is 0.500. The normalized spacial score (nSPS) is 10.3. The molecule has 5 heteroatoms. The van der Waals surface area contributed by atoms with Crippen molar-refractivity contribution in [2.24, 2.45) is 0 Å². The van der Waals surface area contributed by atoms with Gasteiger partial charge in [-0.1, -0.05) is 0 Å². The van der Waals surface area contributed by atoms with E-state index in [9.17, 15) is 4.79 Å². The monoisotopic (exact) mass is 238 g/mol. The molecule has 17 heavy (non-hydrogen) atoms. The van der Waals surface area contributed by atoms with E-state index < -0.39 is 5.97 Å².